The molecule has 0 saturated carbocycles. The Morgan fingerprint density at radius 1 is 1.12 bits per heavy atom. The molecule has 6 nitrogen and oxygen atoms in total. The Bertz CT molecular complexity index is 838. The van der Waals surface area contributed by atoms with Crippen molar-refractivity contribution in [2.24, 2.45) is 0 Å². The fraction of sp³-hybridized carbons (Fsp3) is 0.316. The zero-order valence-electron chi connectivity index (χ0n) is 15.0. The van der Waals surface area contributed by atoms with Crippen molar-refractivity contribution >= 4 is 29.3 Å². The second-order valence-electron chi connectivity index (χ2n) is 5.76. The highest BCUT2D eigenvalue weighted by atomic mass is 35.5. The Labute approximate surface area is 156 Å². The van der Waals surface area contributed by atoms with Crippen molar-refractivity contribution in [3.8, 4) is 0 Å². The lowest BCUT2D eigenvalue weighted by atomic mass is 10.1. The molecule has 26 heavy (non-hydrogen) atoms. The molecule has 138 valence electrons. The maximum Gasteiger partial charge on any atom is 0.340 e. The van der Waals surface area contributed by atoms with Crippen molar-refractivity contribution in [1.82, 2.24) is 4.98 Å². The van der Waals surface area contributed by atoms with Crippen LogP contribution in [-0.4, -0.2) is 35.4 Å². The van der Waals surface area contributed by atoms with Crippen molar-refractivity contribution in [3.63, 3.8) is 0 Å². The van der Waals surface area contributed by atoms with Crippen molar-refractivity contribution in [2.75, 3.05) is 6.61 Å². The molecule has 0 radical (unpaired) electrons. The average molecular weight is 378 g/mol. The number of aryl methyl sites for hydroxylation is 1. The summed E-state index contributed by atoms with van der Waals surface area (Å²) < 4.78 is 10.2. The molecule has 0 amide bonds. The molecule has 0 unspecified atom stereocenters. The van der Waals surface area contributed by atoms with E-state index in [0.717, 1.165) is 0 Å². The third-order valence-electron chi connectivity index (χ3n) is 3.90. The number of hydrogen-bond donors (Lipinski definition) is 1. The fourth-order valence-electron chi connectivity index (χ4n) is 2.58. The van der Waals surface area contributed by atoms with Crippen LogP contribution in [0.25, 0.3) is 0 Å². The van der Waals surface area contributed by atoms with Gasteiger partial charge < -0.3 is 14.5 Å². The second kappa shape index (κ2) is 8.19. The molecule has 1 atom stereocenters. The molecule has 7 heteroatoms. The highest BCUT2D eigenvalue weighted by Crippen LogP contribution is 2.21. The summed E-state index contributed by atoms with van der Waals surface area (Å²) in [7, 11) is 0. The van der Waals surface area contributed by atoms with Gasteiger partial charge in [0.2, 0.25) is 5.78 Å². The predicted molar refractivity (Wildman–Crippen MR) is 96.9 cm³/mol. The lowest BCUT2D eigenvalue weighted by molar-refractivity contribution is 0.0316. The summed E-state index contributed by atoms with van der Waals surface area (Å²) in [6.45, 7) is 6.76. The average Bonchev–Trinajstić information content (AvgIpc) is 2.89. The zero-order chi connectivity index (χ0) is 19.4. The van der Waals surface area contributed by atoms with Gasteiger partial charge in [-0.1, -0.05) is 11.6 Å². The van der Waals surface area contributed by atoms with E-state index in [4.69, 9.17) is 21.1 Å². The maximum absolute atomic E-state index is 12.7. The number of ether oxygens (including phenoxy) is 2. The molecular weight excluding hydrogens is 358 g/mol. The summed E-state index contributed by atoms with van der Waals surface area (Å²) in [5, 5.41) is 0.495. The topological polar surface area (TPSA) is 85.5 Å². The van der Waals surface area contributed by atoms with E-state index < -0.39 is 23.8 Å². The summed E-state index contributed by atoms with van der Waals surface area (Å²) in [4.78, 5) is 39.7. The number of nitrogens with one attached hydrogen (secondary N) is 1. The van der Waals surface area contributed by atoms with Crippen LogP contribution in [0.2, 0.25) is 5.02 Å². The first-order chi connectivity index (χ1) is 12.3. The molecule has 0 saturated heterocycles. The number of halogens is 1. The molecule has 1 aromatic carbocycles. The summed E-state index contributed by atoms with van der Waals surface area (Å²) in [6.07, 6.45) is -1.02. The molecule has 0 aliphatic rings. The van der Waals surface area contributed by atoms with Crippen molar-refractivity contribution in [3.05, 3.63) is 57.4 Å². The van der Waals surface area contributed by atoms with E-state index in [0.29, 0.717) is 27.4 Å². The van der Waals surface area contributed by atoms with Gasteiger partial charge in [-0.2, -0.15) is 0 Å². The standard InChI is InChI=1S/C19H20ClNO5/c1-5-25-19(24)15-10(2)16(21-11(15)3)17(22)12(4)26-18(23)13-6-8-14(20)9-7-13/h6-9,12,21H,5H2,1-4H3/t12-/m1/s1. The van der Waals surface area contributed by atoms with Crippen LogP contribution < -0.4 is 0 Å². The molecule has 1 aromatic heterocycles. The van der Waals surface area contributed by atoms with E-state index in [1.54, 1.807) is 32.9 Å². The van der Waals surface area contributed by atoms with Gasteiger partial charge in [0, 0.05) is 10.7 Å². The Morgan fingerprint density at radius 3 is 2.31 bits per heavy atom. The summed E-state index contributed by atoms with van der Waals surface area (Å²) in [6, 6.07) is 6.17. The SMILES string of the molecule is CCOC(=O)c1c(C)[nH]c(C(=O)[C@@H](C)OC(=O)c2ccc(Cl)cc2)c1C. The number of carbonyl (C=O) groups is 3. The van der Waals surface area contributed by atoms with Crippen LogP contribution >= 0.6 is 11.6 Å². The Morgan fingerprint density at radius 2 is 1.73 bits per heavy atom. The number of rotatable bonds is 6. The number of Topliss-reactive ketones (excluding diaryl/α,β-unsaturated/α-hetero) is 1. The van der Waals surface area contributed by atoms with E-state index in [1.807, 2.05) is 0 Å². The number of aromatic nitrogens is 1. The molecule has 0 aliphatic carbocycles. The van der Waals surface area contributed by atoms with Crippen LogP contribution in [0, 0.1) is 13.8 Å². The molecule has 0 spiro atoms. The van der Waals surface area contributed by atoms with Gasteiger partial charge in [0.25, 0.3) is 0 Å². The third kappa shape index (κ3) is 4.14. The highest BCUT2D eigenvalue weighted by molar-refractivity contribution is 6.30. The summed E-state index contributed by atoms with van der Waals surface area (Å²) >= 11 is 5.79. The van der Waals surface area contributed by atoms with Gasteiger partial charge in [0.05, 0.1) is 23.4 Å². The van der Waals surface area contributed by atoms with Gasteiger partial charge in [-0.3, -0.25) is 4.79 Å². The molecule has 1 N–H and O–H groups in total. The number of esters is 2. The van der Waals surface area contributed by atoms with Gasteiger partial charge in [-0.15, -0.1) is 0 Å². The van der Waals surface area contributed by atoms with Crippen molar-refractivity contribution in [2.45, 2.75) is 33.8 Å². The van der Waals surface area contributed by atoms with Gasteiger partial charge in [-0.05, 0) is 57.5 Å². The minimum absolute atomic E-state index is 0.224. The molecule has 0 bridgehead atoms. The monoisotopic (exact) mass is 377 g/mol. The number of aromatic amines is 1. The van der Waals surface area contributed by atoms with E-state index >= 15 is 0 Å². The first kappa shape index (κ1) is 19.7. The lowest BCUT2D eigenvalue weighted by Crippen LogP contribution is -2.25. The molecule has 2 rings (SSSR count). The van der Waals surface area contributed by atoms with E-state index in [9.17, 15) is 14.4 Å². The minimum atomic E-state index is -1.02. The largest absolute Gasteiger partial charge is 0.462 e. The van der Waals surface area contributed by atoms with E-state index in [1.165, 1.54) is 19.1 Å². The number of ketones is 1. The number of H-pyrrole nitrogens is 1. The zero-order valence-corrected chi connectivity index (χ0v) is 15.8. The van der Waals surface area contributed by atoms with Crippen molar-refractivity contribution < 1.29 is 23.9 Å². The summed E-state index contributed by atoms with van der Waals surface area (Å²) in [5.74, 6) is -1.55. The van der Waals surface area contributed by atoms with Crippen LogP contribution in [-0.2, 0) is 9.47 Å². The quantitative estimate of drug-likeness (QED) is 0.609. The third-order valence-corrected chi connectivity index (χ3v) is 4.15. The highest BCUT2D eigenvalue weighted by Gasteiger charge is 2.27. The predicted octanol–water partition coefficient (Wildman–Crippen LogP) is 3.89. The van der Waals surface area contributed by atoms with Crippen LogP contribution in [0.5, 0.6) is 0 Å². The van der Waals surface area contributed by atoms with Gasteiger partial charge in [0.1, 0.15) is 0 Å². The second-order valence-corrected chi connectivity index (χ2v) is 6.20. The van der Waals surface area contributed by atoms with Crippen molar-refractivity contribution in [1.29, 1.82) is 0 Å². The van der Waals surface area contributed by atoms with Gasteiger partial charge in [-0.25, -0.2) is 9.59 Å². The first-order valence-electron chi connectivity index (χ1n) is 8.13. The normalized spacial score (nSPS) is 11.7. The van der Waals surface area contributed by atoms with Gasteiger partial charge in [0.15, 0.2) is 6.10 Å². The number of hydrogen-bond acceptors (Lipinski definition) is 5. The van der Waals surface area contributed by atoms with E-state index in [2.05, 4.69) is 4.98 Å². The van der Waals surface area contributed by atoms with Crippen LogP contribution in [0.4, 0.5) is 0 Å². The van der Waals surface area contributed by atoms with Gasteiger partial charge >= 0.3 is 11.9 Å². The first-order valence-corrected chi connectivity index (χ1v) is 8.51. The minimum Gasteiger partial charge on any atom is -0.462 e. The molecule has 0 aliphatic heterocycles. The smallest absolute Gasteiger partial charge is 0.340 e. The maximum atomic E-state index is 12.7. The van der Waals surface area contributed by atoms with Crippen LogP contribution in [0.15, 0.2) is 24.3 Å². The Kier molecular flexibility index (Phi) is 6.21. The molecular formula is C19H20ClNO5. The number of benzene rings is 1. The molecule has 0 fully saturated rings. The van der Waals surface area contributed by atoms with Crippen LogP contribution in [0.1, 0.15) is 56.3 Å². The van der Waals surface area contributed by atoms with E-state index in [-0.39, 0.29) is 12.3 Å². The summed E-state index contributed by atoms with van der Waals surface area (Å²) in [5.41, 5.74) is 1.84. The van der Waals surface area contributed by atoms with Crippen LogP contribution in [0.3, 0.4) is 0 Å². The fourth-order valence-corrected chi connectivity index (χ4v) is 2.70. The Balaban J connectivity index is 2.18. The molecule has 1 heterocycles. The number of carbonyl (C=O) groups excluding carboxylic acids is 3. The lowest BCUT2D eigenvalue weighted by Gasteiger charge is -2.12. The Hall–Kier alpha value is -2.60. The molecule has 2 aromatic rings.